The third kappa shape index (κ3) is 2.97. The molecule has 1 amide bonds. The van der Waals surface area contributed by atoms with Crippen molar-refractivity contribution < 1.29 is 22.4 Å². The number of aromatic nitrogens is 3. The third-order valence-electron chi connectivity index (χ3n) is 3.90. The van der Waals surface area contributed by atoms with Crippen molar-refractivity contribution in [3.63, 3.8) is 0 Å². The van der Waals surface area contributed by atoms with Crippen LogP contribution in [0.3, 0.4) is 0 Å². The largest absolute Gasteiger partial charge is 0.460 e. The molecule has 1 aliphatic rings. The molecular weight excluding hydrogens is 337 g/mol. The van der Waals surface area contributed by atoms with Crippen molar-refractivity contribution in [2.45, 2.75) is 25.9 Å². The highest BCUT2D eigenvalue weighted by molar-refractivity contribution is 5.93. The molecule has 1 saturated carbocycles. The number of fused-ring (bicyclic) bond motifs is 1. The normalized spacial score (nSPS) is 14.9. The summed E-state index contributed by atoms with van der Waals surface area (Å²) in [4.78, 5) is 19.8. The van der Waals surface area contributed by atoms with E-state index in [9.17, 15) is 18.0 Å². The van der Waals surface area contributed by atoms with E-state index in [1.165, 1.54) is 10.6 Å². The second-order valence-electron chi connectivity index (χ2n) is 6.00. The highest BCUT2D eigenvalue weighted by atomic mass is 19.4. The van der Waals surface area contributed by atoms with Crippen LogP contribution in [0.5, 0.6) is 0 Å². The van der Waals surface area contributed by atoms with Crippen LogP contribution in [0.4, 0.5) is 19.0 Å². The zero-order valence-corrected chi connectivity index (χ0v) is 13.1. The van der Waals surface area contributed by atoms with Gasteiger partial charge in [-0.25, -0.2) is 9.97 Å². The number of carbonyl (C=O) groups excluding carboxylic acids is 1. The Morgan fingerprint density at radius 3 is 2.64 bits per heavy atom. The number of halogens is 3. The molecule has 4 rings (SSSR count). The molecule has 0 aromatic carbocycles. The van der Waals surface area contributed by atoms with Crippen LogP contribution < -0.4 is 5.32 Å². The fraction of sp³-hybridized carbons (Fsp3) is 0.312. The van der Waals surface area contributed by atoms with Crippen LogP contribution in [0, 0.1) is 12.8 Å². The maximum atomic E-state index is 13.0. The molecule has 0 spiro atoms. The van der Waals surface area contributed by atoms with Crippen molar-refractivity contribution in [3.05, 3.63) is 36.0 Å². The molecule has 3 heterocycles. The predicted octanol–water partition coefficient (Wildman–Crippen LogP) is 3.67. The quantitative estimate of drug-likeness (QED) is 0.782. The zero-order valence-electron chi connectivity index (χ0n) is 13.1. The third-order valence-corrected chi connectivity index (χ3v) is 3.90. The van der Waals surface area contributed by atoms with Crippen LogP contribution in [0.15, 0.2) is 28.9 Å². The number of amides is 1. The number of imidazole rings is 1. The van der Waals surface area contributed by atoms with E-state index in [4.69, 9.17) is 4.42 Å². The highest BCUT2D eigenvalue weighted by Crippen LogP contribution is 2.33. The fourth-order valence-corrected chi connectivity index (χ4v) is 2.50. The van der Waals surface area contributed by atoms with E-state index < -0.39 is 11.9 Å². The summed E-state index contributed by atoms with van der Waals surface area (Å²) in [7, 11) is 0. The molecule has 9 heteroatoms. The topological polar surface area (TPSA) is 72.4 Å². The van der Waals surface area contributed by atoms with Gasteiger partial charge in [-0.15, -0.1) is 0 Å². The lowest BCUT2D eigenvalue weighted by molar-refractivity contribution is -0.140. The number of hydrogen-bond donors (Lipinski definition) is 1. The number of carbonyl (C=O) groups is 1. The standard InChI is InChI=1S/C16H13F3N4O2/c1-8-2-5-10(25-8)13-14-20-11(16(17,18)19)6-23(14)7-12(21-13)22-15(24)9-3-4-9/h2,5-7,9H,3-4H2,1H3,(H,22,24). The Morgan fingerprint density at radius 2 is 2.04 bits per heavy atom. The fourth-order valence-electron chi connectivity index (χ4n) is 2.50. The second kappa shape index (κ2) is 5.33. The van der Waals surface area contributed by atoms with Gasteiger partial charge in [0, 0.05) is 12.1 Å². The predicted molar refractivity (Wildman–Crippen MR) is 81.8 cm³/mol. The summed E-state index contributed by atoms with van der Waals surface area (Å²) in [5.74, 6) is 0.777. The number of alkyl halides is 3. The first-order chi connectivity index (χ1) is 11.8. The summed E-state index contributed by atoms with van der Waals surface area (Å²) in [5.41, 5.74) is -0.896. The van der Waals surface area contributed by atoms with E-state index in [1.807, 2.05) is 0 Å². The van der Waals surface area contributed by atoms with E-state index in [0.717, 1.165) is 19.0 Å². The minimum absolute atomic E-state index is 0.00564. The Morgan fingerprint density at radius 1 is 1.28 bits per heavy atom. The van der Waals surface area contributed by atoms with Crippen LogP contribution in [0.2, 0.25) is 0 Å². The van der Waals surface area contributed by atoms with Gasteiger partial charge in [0.2, 0.25) is 5.91 Å². The summed E-state index contributed by atoms with van der Waals surface area (Å²) < 4.78 is 45.7. The average Bonchev–Trinajstić information content (AvgIpc) is 3.15. The molecule has 0 saturated heterocycles. The van der Waals surface area contributed by atoms with E-state index in [-0.39, 0.29) is 34.7 Å². The molecule has 25 heavy (non-hydrogen) atoms. The lowest BCUT2D eigenvalue weighted by atomic mass is 10.3. The molecule has 1 N–H and O–H groups in total. The number of furan rings is 1. The van der Waals surface area contributed by atoms with Crippen LogP contribution in [0.25, 0.3) is 17.1 Å². The molecule has 0 bridgehead atoms. The first kappa shape index (κ1) is 15.7. The van der Waals surface area contributed by atoms with Gasteiger partial charge in [-0.2, -0.15) is 13.2 Å². The van der Waals surface area contributed by atoms with Crippen molar-refractivity contribution in [2.75, 3.05) is 5.32 Å². The molecule has 130 valence electrons. The number of hydrogen-bond acceptors (Lipinski definition) is 4. The molecule has 0 unspecified atom stereocenters. The molecular formula is C16H13F3N4O2. The molecule has 1 fully saturated rings. The SMILES string of the molecule is Cc1ccc(-c2nc(NC(=O)C3CC3)cn3cc(C(F)(F)F)nc23)o1. The number of anilines is 1. The van der Waals surface area contributed by atoms with Crippen LogP contribution in [-0.2, 0) is 11.0 Å². The Hall–Kier alpha value is -2.84. The van der Waals surface area contributed by atoms with Crippen LogP contribution in [-0.4, -0.2) is 20.3 Å². The van der Waals surface area contributed by atoms with Crippen LogP contribution in [0.1, 0.15) is 24.3 Å². The smallest absolute Gasteiger partial charge is 0.434 e. The van der Waals surface area contributed by atoms with Crippen molar-refractivity contribution in [3.8, 4) is 11.5 Å². The highest BCUT2D eigenvalue weighted by Gasteiger charge is 2.35. The number of nitrogens with one attached hydrogen (secondary N) is 1. The maximum Gasteiger partial charge on any atom is 0.434 e. The molecule has 0 radical (unpaired) electrons. The summed E-state index contributed by atoms with van der Waals surface area (Å²) in [5, 5.41) is 2.64. The van der Waals surface area contributed by atoms with Crippen molar-refractivity contribution in [2.24, 2.45) is 5.92 Å². The van der Waals surface area contributed by atoms with Gasteiger partial charge in [0.15, 0.2) is 22.8 Å². The van der Waals surface area contributed by atoms with Crippen molar-refractivity contribution >= 4 is 17.4 Å². The maximum absolute atomic E-state index is 13.0. The molecule has 6 nitrogen and oxygen atoms in total. The number of aryl methyl sites for hydroxylation is 1. The first-order valence-corrected chi connectivity index (χ1v) is 7.66. The summed E-state index contributed by atoms with van der Waals surface area (Å²) >= 11 is 0. The lowest BCUT2D eigenvalue weighted by Gasteiger charge is -2.07. The number of rotatable bonds is 3. The van der Waals surface area contributed by atoms with Gasteiger partial charge in [-0.3, -0.25) is 4.79 Å². The molecule has 1 aliphatic carbocycles. The first-order valence-electron chi connectivity index (χ1n) is 7.66. The summed E-state index contributed by atoms with van der Waals surface area (Å²) in [6, 6.07) is 3.28. The van der Waals surface area contributed by atoms with Gasteiger partial charge in [0.1, 0.15) is 11.6 Å². The average molecular weight is 350 g/mol. The lowest BCUT2D eigenvalue weighted by Crippen LogP contribution is -2.15. The second-order valence-corrected chi connectivity index (χ2v) is 6.00. The van der Waals surface area contributed by atoms with Crippen molar-refractivity contribution in [1.29, 1.82) is 0 Å². The monoisotopic (exact) mass is 350 g/mol. The van der Waals surface area contributed by atoms with E-state index >= 15 is 0 Å². The number of nitrogens with zero attached hydrogens (tertiary/aromatic N) is 3. The minimum atomic E-state index is -4.58. The van der Waals surface area contributed by atoms with E-state index in [2.05, 4.69) is 15.3 Å². The van der Waals surface area contributed by atoms with E-state index in [1.54, 1.807) is 19.1 Å². The summed E-state index contributed by atoms with van der Waals surface area (Å²) in [6.07, 6.45) is -0.788. The van der Waals surface area contributed by atoms with Crippen LogP contribution >= 0.6 is 0 Å². The molecule has 3 aromatic heterocycles. The van der Waals surface area contributed by atoms with Gasteiger partial charge in [-0.05, 0) is 31.9 Å². The van der Waals surface area contributed by atoms with Gasteiger partial charge >= 0.3 is 6.18 Å². The van der Waals surface area contributed by atoms with Gasteiger partial charge in [0.25, 0.3) is 0 Å². The van der Waals surface area contributed by atoms with Crippen molar-refractivity contribution in [1.82, 2.24) is 14.4 Å². The van der Waals surface area contributed by atoms with Gasteiger partial charge in [0.05, 0.1) is 6.20 Å². The summed E-state index contributed by atoms with van der Waals surface area (Å²) in [6.45, 7) is 1.71. The Bertz CT molecular complexity index is 970. The molecule has 0 aliphatic heterocycles. The molecule has 0 atom stereocenters. The molecule has 3 aromatic rings. The van der Waals surface area contributed by atoms with Gasteiger partial charge < -0.3 is 14.1 Å². The van der Waals surface area contributed by atoms with Gasteiger partial charge in [-0.1, -0.05) is 0 Å². The Labute approximate surface area is 139 Å². The minimum Gasteiger partial charge on any atom is -0.460 e. The Kier molecular flexibility index (Phi) is 3.34. The Balaban J connectivity index is 1.85. The van der Waals surface area contributed by atoms with E-state index in [0.29, 0.717) is 5.76 Å². The zero-order chi connectivity index (χ0) is 17.8.